The molecule has 0 radical (unpaired) electrons. The fourth-order valence-electron chi connectivity index (χ4n) is 4.37. The summed E-state index contributed by atoms with van der Waals surface area (Å²) >= 11 is 1.28. The van der Waals surface area contributed by atoms with E-state index >= 15 is 0 Å². The molecular formula is C31H27FN2O4S. The van der Waals surface area contributed by atoms with Crippen LogP contribution in [0.1, 0.15) is 43.5 Å². The highest BCUT2D eigenvalue weighted by molar-refractivity contribution is 7.07. The van der Waals surface area contributed by atoms with Crippen molar-refractivity contribution in [3.63, 3.8) is 0 Å². The van der Waals surface area contributed by atoms with Crippen LogP contribution in [0.3, 0.4) is 0 Å². The number of hydrogen-bond acceptors (Lipinski definition) is 6. The van der Waals surface area contributed by atoms with Crippen LogP contribution in [0.15, 0.2) is 99.9 Å². The van der Waals surface area contributed by atoms with Crippen molar-refractivity contribution in [1.82, 2.24) is 4.57 Å². The summed E-state index contributed by atoms with van der Waals surface area (Å²) in [5.41, 5.74) is 3.15. The average Bonchev–Trinajstić information content (AvgIpc) is 3.22. The zero-order chi connectivity index (χ0) is 27.5. The summed E-state index contributed by atoms with van der Waals surface area (Å²) in [6.45, 7) is 5.67. The number of carbonyl (C=O) groups excluding carboxylic acids is 1. The maximum absolute atomic E-state index is 13.7. The van der Waals surface area contributed by atoms with Crippen LogP contribution in [0.2, 0.25) is 0 Å². The van der Waals surface area contributed by atoms with E-state index in [1.807, 2.05) is 54.6 Å². The van der Waals surface area contributed by atoms with E-state index in [1.54, 1.807) is 43.5 Å². The molecule has 0 fully saturated rings. The van der Waals surface area contributed by atoms with Gasteiger partial charge in [-0.3, -0.25) is 9.36 Å². The highest BCUT2D eigenvalue weighted by atomic mass is 32.1. The molecule has 198 valence electrons. The molecule has 39 heavy (non-hydrogen) atoms. The molecule has 1 unspecified atom stereocenters. The minimum absolute atomic E-state index is 0.230. The van der Waals surface area contributed by atoms with Gasteiger partial charge in [0.1, 0.15) is 18.2 Å². The van der Waals surface area contributed by atoms with E-state index in [4.69, 9.17) is 9.47 Å². The molecule has 5 rings (SSSR count). The van der Waals surface area contributed by atoms with Crippen molar-refractivity contribution in [1.29, 1.82) is 0 Å². The summed E-state index contributed by atoms with van der Waals surface area (Å²) < 4.78 is 26.5. The highest BCUT2D eigenvalue weighted by Gasteiger charge is 2.33. The quantitative estimate of drug-likeness (QED) is 0.312. The largest absolute Gasteiger partial charge is 0.489 e. The predicted octanol–water partition coefficient (Wildman–Crippen LogP) is 4.90. The molecule has 0 spiro atoms. The number of fused-ring (bicyclic) bond motifs is 1. The molecule has 6 nitrogen and oxygen atoms in total. The van der Waals surface area contributed by atoms with E-state index in [0.29, 0.717) is 33.0 Å². The Bertz CT molecular complexity index is 1700. The lowest BCUT2D eigenvalue weighted by Crippen LogP contribution is -2.40. The molecule has 0 aliphatic carbocycles. The first-order chi connectivity index (χ1) is 18.8. The van der Waals surface area contributed by atoms with Gasteiger partial charge in [-0.2, -0.15) is 0 Å². The standard InChI is InChI=1S/C31H27FN2O4S/c1-19(2)38-30(36)27-20(3)33-31-34(28(27)23-7-5-4-6-8-23)29(35)26(39-31)17-21-11-15-25(16-12-21)37-18-22-9-13-24(32)14-10-22/h4-17,19,28H,18H2,1-3H3. The Morgan fingerprint density at radius 1 is 1.05 bits per heavy atom. The van der Waals surface area contributed by atoms with E-state index < -0.39 is 12.0 Å². The Hall–Kier alpha value is -4.30. The van der Waals surface area contributed by atoms with Gasteiger partial charge in [-0.25, -0.2) is 14.2 Å². The Balaban J connectivity index is 1.48. The number of rotatable bonds is 7. The lowest BCUT2D eigenvalue weighted by atomic mass is 9.96. The number of esters is 1. The van der Waals surface area contributed by atoms with E-state index in [0.717, 1.165) is 16.7 Å². The number of thiazole rings is 1. The molecule has 8 heteroatoms. The zero-order valence-electron chi connectivity index (χ0n) is 21.8. The molecule has 1 aromatic heterocycles. The first-order valence-electron chi connectivity index (χ1n) is 12.6. The maximum atomic E-state index is 13.7. The van der Waals surface area contributed by atoms with Gasteiger partial charge in [-0.05, 0) is 67.8 Å². The molecule has 4 aromatic rings. The number of nitrogens with zero attached hydrogens (tertiary/aromatic N) is 2. The van der Waals surface area contributed by atoms with Crippen LogP contribution in [0, 0.1) is 5.82 Å². The first kappa shape index (κ1) is 26.3. The van der Waals surface area contributed by atoms with Crippen molar-refractivity contribution in [2.75, 3.05) is 0 Å². The van der Waals surface area contributed by atoms with Gasteiger partial charge in [0.25, 0.3) is 5.56 Å². The third kappa shape index (κ3) is 5.76. The SMILES string of the molecule is CC1=C(C(=O)OC(C)C)C(c2ccccc2)n2c(sc(=Cc3ccc(OCc4ccc(F)cc4)cc3)c2=O)=N1. The lowest BCUT2D eigenvalue weighted by molar-refractivity contribution is -0.143. The summed E-state index contributed by atoms with van der Waals surface area (Å²) in [5.74, 6) is -0.109. The Labute approximate surface area is 229 Å². The maximum Gasteiger partial charge on any atom is 0.338 e. The van der Waals surface area contributed by atoms with Crippen LogP contribution >= 0.6 is 11.3 Å². The monoisotopic (exact) mass is 542 g/mol. The number of aromatic nitrogens is 1. The topological polar surface area (TPSA) is 69.9 Å². The second-order valence-electron chi connectivity index (χ2n) is 9.43. The van der Waals surface area contributed by atoms with Crippen molar-refractivity contribution >= 4 is 23.4 Å². The van der Waals surface area contributed by atoms with Gasteiger partial charge >= 0.3 is 5.97 Å². The molecule has 3 aromatic carbocycles. The molecule has 0 saturated heterocycles. The predicted molar refractivity (Wildman–Crippen MR) is 149 cm³/mol. The second-order valence-corrected chi connectivity index (χ2v) is 10.4. The van der Waals surface area contributed by atoms with Crippen LogP contribution in [-0.4, -0.2) is 16.6 Å². The fraction of sp³-hybridized carbons (Fsp3) is 0.194. The van der Waals surface area contributed by atoms with Crippen LogP contribution in [0.4, 0.5) is 4.39 Å². The summed E-state index contributed by atoms with van der Waals surface area (Å²) in [6.07, 6.45) is 1.50. The lowest BCUT2D eigenvalue weighted by Gasteiger charge is -2.25. The van der Waals surface area contributed by atoms with Crippen molar-refractivity contribution in [2.45, 2.75) is 39.5 Å². The van der Waals surface area contributed by atoms with E-state index in [9.17, 15) is 14.0 Å². The molecule has 0 bridgehead atoms. The third-order valence-corrected chi connectivity index (χ3v) is 7.18. The number of halogens is 1. The Kier molecular flexibility index (Phi) is 7.56. The minimum Gasteiger partial charge on any atom is -0.489 e. The van der Waals surface area contributed by atoms with Gasteiger partial charge in [-0.1, -0.05) is 65.9 Å². The molecule has 0 amide bonds. The van der Waals surface area contributed by atoms with Gasteiger partial charge < -0.3 is 9.47 Å². The Morgan fingerprint density at radius 2 is 1.74 bits per heavy atom. The molecule has 0 N–H and O–H groups in total. The van der Waals surface area contributed by atoms with Gasteiger partial charge in [0.05, 0.1) is 27.9 Å². The van der Waals surface area contributed by atoms with Crippen molar-refractivity contribution in [3.8, 4) is 5.75 Å². The molecule has 1 atom stereocenters. The van der Waals surface area contributed by atoms with Gasteiger partial charge in [0.2, 0.25) is 0 Å². The van der Waals surface area contributed by atoms with Crippen LogP contribution in [0.5, 0.6) is 5.75 Å². The summed E-state index contributed by atoms with van der Waals surface area (Å²) in [7, 11) is 0. The zero-order valence-corrected chi connectivity index (χ0v) is 22.6. The minimum atomic E-state index is -0.641. The number of hydrogen-bond donors (Lipinski definition) is 0. The van der Waals surface area contributed by atoms with Gasteiger partial charge in [-0.15, -0.1) is 0 Å². The first-order valence-corrected chi connectivity index (χ1v) is 13.4. The van der Waals surface area contributed by atoms with Crippen molar-refractivity contribution in [2.24, 2.45) is 4.99 Å². The molecule has 1 aliphatic rings. The number of benzene rings is 3. The van der Waals surface area contributed by atoms with E-state index in [2.05, 4.69) is 4.99 Å². The number of allylic oxidation sites excluding steroid dienone is 1. The molecule has 2 heterocycles. The van der Waals surface area contributed by atoms with Crippen molar-refractivity contribution in [3.05, 3.63) is 132 Å². The van der Waals surface area contributed by atoms with E-state index in [1.165, 1.54) is 23.5 Å². The summed E-state index contributed by atoms with van der Waals surface area (Å²) in [5, 5.41) is 0. The van der Waals surface area contributed by atoms with Crippen LogP contribution < -0.4 is 19.6 Å². The third-order valence-electron chi connectivity index (χ3n) is 6.20. The highest BCUT2D eigenvalue weighted by Crippen LogP contribution is 2.30. The fourth-order valence-corrected chi connectivity index (χ4v) is 5.42. The van der Waals surface area contributed by atoms with E-state index in [-0.39, 0.29) is 17.5 Å². The molecule has 1 aliphatic heterocycles. The number of ether oxygens (including phenoxy) is 2. The summed E-state index contributed by atoms with van der Waals surface area (Å²) in [6, 6.07) is 22.3. The van der Waals surface area contributed by atoms with Crippen LogP contribution in [-0.2, 0) is 16.1 Å². The Morgan fingerprint density at radius 3 is 2.41 bits per heavy atom. The average molecular weight is 543 g/mol. The summed E-state index contributed by atoms with van der Waals surface area (Å²) in [4.78, 5) is 32.0. The normalized spacial score (nSPS) is 15.2. The second kappa shape index (κ2) is 11.2. The van der Waals surface area contributed by atoms with Crippen molar-refractivity contribution < 1.29 is 18.7 Å². The molecule has 0 saturated carbocycles. The smallest absolute Gasteiger partial charge is 0.338 e. The van der Waals surface area contributed by atoms with Gasteiger partial charge in [0.15, 0.2) is 4.80 Å². The van der Waals surface area contributed by atoms with Crippen LogP contribution in [0.25, 0.3) is 6.08 Å². The van der Waals surface area contributed by atoms with Gasteiger partial charge in [0, 0.05) is 0 Å². The number of carbonyl (C=O) groups is 1. The molecular weight excluding hydrogens is 515 g/mol.